The number of carbonyl (C=O) groups is 1. The third-order valence-electron chi connectivity index (χ3n) is 1.96. The predicted octanol–water partition coefficient (Wildman–Crippen LogP) is 2.30. The Balaban J connectivity index is 2.25. The number of rotatable bonds is 1. The average molecular weight is 169 g/mol. The topological polar surface area (TPSA) is 17.1 Å². The smallest absolute Gasteiger partial charge is 0.242 e. The summed E-state index contributed by atoms with van der Waals surface area (Å²) in [6, 6.07) is 10.0. The van der Waals surface area contributed by atoms with Crippen LogP contribution in [0.2, 0.25) is 0 Å². The minimum atomic E-state index is 0.0553. The summed E-state index contributed by atoms with van der Waals surface area (Å²) in [5, 5.41) is 0. The van der Waals surface area contributed by atoms with E-state index in [1.165, 1.54) is 0 Å². The molecule has 1 aromatic carbocycles. The van der Waals surface area contributed by atoms with E-state index in [1.807, 2.05) is 42.5 Å². The number of hydrogen-bond acceptors (Lipinski definition) is 1. The number of hydrogen-bond donors (Lipinski definition) is 0. The van der Waals surface area contributed by atoms with Gasteiger partial charge in [-0.2, -0.15) is 0 Å². The molecule has 0 atom stereocenters. The van der Waals surface area contributed by atoms with E-state index in [1.54, 1.807) is 12.2 Å². The monoisotopic (exact) mass is 169 g/mol. The van der Waals surface area contributed by atoms with Crippen molar-refractivity contribution in [2.75, 3.05) is 0 Å². The SMILES string of the molecule is O=C1C=C[C+](c2ccccc2)C=C1. The molecule has 1 aliphatic carbocycles. The van der Waals surface area contributed by atoms with Crippen LogP contribution in [0, 0.1) is 5.92 Å². The summed E-state index contributed by atoms with van der Waals surface area (Å²) in [6.45, 7) is 0. The maximum Gasteiger partial charge on any atom is 0.242 e. The molecule has 1 aromatic rings. The van der Waals surface area contributed by atoms with Gasteiger partial charge in [0.15, 0.2) is 0 Å². The molecule has 0 aromatic heterocycles. The van der Waals surface area contributed by atoms with Crippen molar-refractivity contribution in [3.05, 3.63) is 66.1 Å². The van der Waals surface area contributed by atoms with Gasteiger partial charge in [0.05, 0.1) is 11.5 Å². The lowest BCUT2D eigenvalue weighted by Crippen LogP contribution is -1.99. The molecule has 1 heteroatoms. The largest absolute Gasteiger partial charge is 0.271 e. The van der Waals surface area contributed by atoms with E-state index in [-0.39, 0.29) is 5.78 Å². The summed E-state index contributed by atoms with van der Waals surface area (Å²) in [5.41, 5.74) is 1.14. The summed E-state index contributed by atoms with van der Waals surface area (Å²) < 4.78 is 0. The van der Waals surface area contributed by atoms with Gasteiger partial charge in [-0.1, -0.05) is 0 Å². The molecule has 13 heavy (non-hydrogen) atoms. The Morgan fingerprint density at radius 2 is 1.54 bits per heavy atom. The molecule has 0 amide bonds. The summed E-state index contributed by atoms with van der Waals surface area (Å²) >= 11 is 0. The maximum absolute atomic E-state index is 10.9. The molecule has 0 saturated carbocycles. The van der Waals surface area contributed by atoms with Gasteiger partial charge in [0, 0.05) is 36.4 Å². The first kappa shape index (κ1) is 7.87. The minimum Gasteiger partial charge on any atom is -0.271 e. The van der Waals surface area contributed by atoms with E-state index in [2.05, 4.69) is 0 Å². The molecule has 0 heterocycles. The highest BCUT2D eigenvalue weighted by molar-refractivity contribution is 6.01. The zero-order valence-electron chi connectivity index (χ0n) is 7.10. The van der Waals surface area contributed by atoms with E-state index in [0.29, 0.717) is 0 Å². The van der Waals surface area contributed by atoms with E-state index in [9.17, 15) is 4.79 Å². The molecular formula is C12H9O+. The van der Waals surface area contributed by atoms with Crippen molar-refractivity contribution in [1.29, 1.82) is 0 Å². The molecule has 2 rings (SSSR count). The second kappa shape index (κ2) is 3.31. The molecule has 1 nitrogen and oxygen atoms in total. The normalized spacial score (nSPS) is 15.1. The van der Waals surface area contributed by atoms with Crippen LogP contribution in [-0.2, 0) is 4.79 Å². The van der Waals surface area contributed by atoms with Crippen LogP contribution in [0.4, 0.5) is 0 Å². The van der Waals surface area contributed by atoms with Crippen LogP contribution in [0.25, 0.3) is 0 Å². The van der Waals surface area contributed by atoms with Crippen molar-refractivity contribution in [3.63, 3.8) is 0 Å². The molecule has 0 N–H and O–H groups in total. The summed E-state index contributed by atoms with van der Waals surface area (Å²) in [7, 11) is 0. The van der Waals surface area contributed by atoms with Crippen LogP contribution >= 0.6 is 0 Å². The van der Waals surface area contributed by atoms with Gasteiger partial charge in [0.1, 0.15) is 0 Å². The van der Waals surface area contributed by atoms with Gasteiger partial charge >= 0.3 is 0 Å². The Hall–Kier alpha value is -1.76. The molecule has 0 saturated heterocycles. The van der Waals surface area contributed by atoms with Crippen molar-refractivity contribution < 1.29 is 4.79 Å². The fourth-order valence-corrected chi connectivity index (χ4v) is 1.28. The standard InChI is InChI=1S/C12H9O/c13-12-8-6-11(7-9-12)10-4-2-1-3-5-10/h1-9H/q+1. The van der Waals surface area contributed by atoms with E-state index >= 15 is 0 Å². The Bertz CT molecular complexity index is 344. The van der Waals surface area contributed by atoms with Gasteiger partial charge in [-0.3, -0.25) is 4.79 Å². The van der Waals surface area contributed by atoms with Crippen molar-refractivity contribution in [1.82, 2.24) is 0 Å². The molecule has 0 radical (unpaired) electrons. The zero-order valence-corrected chi connectivity index (χ0v) is 7.10. The second-order valence-electron chi connectivity index (χ2n) is 2.89. The summed E-state index contributed by atoms with van der Waals surface area (Å²) in [6.07, 6.45) is 6.86. The first-order valence-electron chi connectivity index (χ1n) is 4.19. The van der Waals surface area contributed by atoms with Crippen LogP contribution in [-0.4, -0.2) is 5.78 Å². The number of benzene rings is 1. The molecule has 0 unspecified atom stereocenters. The lowest BCUT2D eigenvalue weighted by Gasteiger charge is -2.02. The molecule has 62 valence electrons. The van der Waals surface area contributed by atoms with Crippen molar-refractivity contribution in [3.8, 4) is 0 Å². The van der Waals surface area contributed by atoms with Crippen molar-refractivity contribution in [2.24, 2.45) is 0 Å². The van der Waals surface area contributed by atoms with Crippen LogP contribution in [0.1, 0.15) is 5.56 Å². The van der Waals surface area contributed by atoms with Gasteiger partial charge in [0.25, 0.3) is 0 Å². The highest BCUT2D eigenvalue weighted by Gasteiger charge is 2.14. The third-order valence-corrected chi connectivity index (χ3v) is 1.96. The first-order valence-corrected chi connectivity index (χ1v) is 4.19. The molecule has 0 bridgehead atoms. The minimum absolute atomic E-state index is 0.0553. The first-order chi connectivity index (χ1) is 6.36. The molecule has 0 fully saturated rings. The lowest BCUT2D eigenvalue weighted by molar-refractivity contribution is -0.110. The second-order valence-corrected chi connectivity index (χ2v) is 2.89. The van der Waals surface area contributed by atoms with Crippen LogP contribution in [0.5, 0.6) is 0 Å². The van der Waals surface area contributed by atoms with Gasteiger partial charge in [-0.15, -0.1) is 0 Å². The third kappa shape index (κ3) is 1.70. The maximum atomic E-state index is 10.9. The molecule has 0 aliphatic heterocycles. The van der Waals surface area contributed by atoms with Crippen molar-refractivity contribution in [2.45, 2.75) is 0 Å². The Morgan fingerprint density at radius 1 is 0.923 bits per heavy atom. The molecule has 1 aliphatic rings. The Morgan fingerprint density at radius 3 is 2.15 bits per heavy atom. The fraction of sp³-hybridized carbons (Fsp3) is 0. The van der Waals surface area contributed by atoms with Crippen LogP contribution < -0.4 is 0 Å². The number of ketones is 1. The van der Waals surface area contributed by atoms with Gasteiger partial charge in [-0.05, 0) is 18.2 Å². The van der Waals surface area contributed by atoms with Gasteiger partial charge < -0.3 is 0 Å². The van der Waals surface area contributed by atoms with Crippen LogP contribution in [0.15, 0.2) is 54.6 Å². The zero-order chi connectivity index (χ0) is 9.10. The Kier molecular flexibility index (Phi) is 2.01. The summed E-state index contributed by atoms with van der Waals surface area (Å²) in [5.74, 6) is 1.14. The Labute approximate surface area is 77.4 Å². The van der Waals surface area contributed by atoms with E-state index in [4.69, 9.17) is 0 Å². The fourth-order valence-electron chi connectivity index (χ4n) is 1.28. The average Bonchev–Trinajstić information content (AvgIpc) is 2.20. The predicted molar refractivity (Wildman–Crippen MR) is 52.1 cm³/mol. The van der Waals surface area contributed by atoms with Gasteiger partial charge in [-0.25, -0.2) is 0 Å². The highest BCUT2D eigenvalue weighted by Crippen LogP contribution is 2.19. The summed E-state index contributed by atoms with van der Waals surface area (Å²) in [4.78, 5) is 10.9. The highest BCUT2D eigenvalue weighted by atomic mass is 16.1. The van der Waals surface area contributed by atoms with E-state index in [0.717, 1.165) is 11.5 Å². The lowest BCUT2D eigenvalue weighted by atomic mass is 9.95. The quantitative estimate of drug-likeness (QED) is 0.589. The number of carbonyl (C=O) groups excluding carboxylic acids is 1. The van der Waals surface area contributed by atoms with Crippen LogP contribution in [0.3, 0.4) is 0 Å². The molecule has 0 spiro atoms. The number of allylic oxidation sites excluding steroid dienone is 4. The molecular weight excluding hydrogens is 160 g/mol. The van der Waals surface area contributed by atoms with E-state index < -0.39 is 0 Å². The van der Waals surface area contributed by atoms with Gasteiger partial charge in [0.2, 0.25) is 5.78 Å². The van der Waals surface area contributed by atoms with Crippen molar-refractivity contribution >= 4 is 5.78 Å².